The summed E-state index contributed by atoms with van der Waals surface area (Å²) in [6.07, 6.45) is -5.86. The van der Waals surface area contributed by atoms with Crippen LogP contribution < -0.4 is 0 Å². The van der Waals surface area contributed by atoms with Gasteiger partial charge in [0, 0.05) is 23.0 Å². The maximum atomic E-state index is 14.1. The van der Waals surface area contributed by atoms with Crippen molar-refractivity contribution in [3.05, 3.63) is 22.3 Å². The van der Waals surface area contributed by atoms with Gasteiger partial charge in [0.2, 0.25) is 0 Å². The average Bonchev–Trinajstić information content (AvgIpc) is 3.85. The van der Waals surface area contributed by atoms with Gasteiger partial charge in [-0.2, -0.15) is 0 Å². The smallest absolute Gasteiger partial charge is 0.341 e. The Bertz CT molecular complexity index is 1220. The van der Waals surface area contributed by atoms with Crippen LogP contribution in [0.25, 0.3) is 0 Å². The second-order valence-electron chi connectivity index (χ2n) is 15.3. The average molecular weight is 649 g/mol. The molecule has 0 radical (unpaired) electrons. The van der Waals surface area contributed by atoms with Crippen LogP contribution in [0.1, 0.15) is 69.2 Å². The van der Waals surface area contributed by atoms with E-state index in [1.807, 2.05) is 69.2 Å². The molecule has 4 aliphatic heterocycles. The highest BCUT2D eigenvalue weighted by Gasteiger charge is 2.70. The summed E-state index contributed by atoms with van der Waals surface area (Å²) in [6.45, 7) is 19.7. The van der Waals surface area contributed by atoms with Gasteiger partial charge in [-0.1, -0.05) is 55.4 Å². The number of hydrogen-bond donors (Lipinski definition) is 2. The van der Waals surface area contributed by atoms with Crippen LogP contribution >= 0.6 is 0 Å². The number of epoxide rings is 2. The van der Waals surface area contributed by atoms with Gasteiger partial charge in [-0.05, 0) is 47.2 Å². The molecule has 4 bridgehead atoms. The molecule has 12 heteroatoms. The number of hydrogen-bond acceptors (Lipinski definition) is 10. The van der Waals surface area contributed by atoms with Crippen molar-refractivity contribution >= 4 is 28.7 Å². The minimum Gasteiger partial charge on any atom is -0.410 e. The lowest BCUT2D eigenvalue weighted by molar-refractivity contribution is -0.177. The van der Waals surface area contributed by atoms with E-state index in [1.54, 1.807) is 0 Å². The maximum absolute atomic E-state index is 14.1. The van der Waals surface area contributed by atoms with Crippen molar-refractivity contribution in [2.45, 2.75) is 152 Å². The highest BCUT2D eigenvalue weighted by molar-refractivity contribution is 6.69. The predicted molar refractivity (Wildman–Crippen MR) is 163 cm³/mol. The number of Topliss-reactive ketones (excluding diaryl/α,β-unsaturated/α-hetero) is 2. The molecule has 7 aliphatic rings. The zero-order chi connectivity index (χ0) is 31.9. The first-order valence-corrected chi connectivity index (χ1v) is 20.5. The quantitative estimate of drug-likeness (QED) is 0.298. The first kappa shape index (κ1) is 31.5. The molecule has 4 heterocycles. The van der Waals surface area contributed by atoms with E-state index < -0.39 is 77.8 Å². The molecular weight excluding hydrogens is 601 g/mol. The molecule has 2 fully saturated rings. The Labute approximate surface area is 261 Å². The van der Waals surface area contributed by atoms with Crippen LogP contribution in [-0.2, 0) is 37.4 Å². The van der Waals surface area contributed by atoms with Crippen LogP contribution in [-0.4, -0.2) is 99.3 Å². The van der Waals surface area contributed by atoms with Gasteiger partial charge in [0.05, 0.1) is 12.2 Å². The van der Waals surface area contributed by atoms with Gasteiger partial charge in [-0.25, -0.2) is 0 Å². The van der Waals surface area contributed by atoms with E-state index in [1.165, 1.54) is 0 Å². The minimum absolute atomic E-state index is 0.0748. The van der Waals surface area contributed by atoms with Gasteiger partial charge in [0.15, 0.2) is 11.6 Å². The number of ketones is 2. The zero-order valence-corrected chi connectivity index (χ0v) is 29.4. The largest absolute Gasteiger partial charge is 0.410 e. The normalized spacial score (nSPS) is 42.6. The summed E-state index contributed by atoms with van der Waals surface area (Å²) in [5, 5.41) is 0. The summed E-state index contributed by atoms with van der Waals surface area (Å²) in [4.78, 5) is 52.1. The molecule has 7 rings (SSSR count). The van der Waals surface area contributed by atoms with Crippen LogP contribution in [0.5, 0.6) is 0 Å². The second kappa shape index (κ2) is 10.2. The number of carbonyl (C=O) groups excluding carboxylic acids is 2. The Balaban J connectivity index is 1.40. The first-order valence-electron chi connectivity index (χ1n) is 16.5. The zero-order valence-electron chi connectivity index (χ0n) is 27.4. The minimum atomic E-state index is -3.29. The third-order valence-corrected chi connectivity index (χ3v) is 19.4. The predicted octanol–water partition coefficient (Wildman–Crippen LogP) is 3.38. The van der Waals surface area contributed by atoms with E-state index in [-0.39, 0.29) is 45.9 Å². The van der Waals surface area contributed by atoms with Gasteiger partial charge in [-0.3, -0.25) is 9.59 Å². The first-order chi connectivity index (χ1) is 20.5. The summed E-state index contributed by atoms with van der Waals surface area (Å²) in [6, 6.07) is 0. The number of ether oxygens (including phenoxy) is 4. The molecule has 244 valence electrons. The van der Waals surface area contributed by atoms with Gasteiger partial charge in [0.25, 0.3) is 0 Å². The molecular formula is C32H48O10Si2. The molecule has 0 aromatic heterocycles. The molecule has 0 saturated carbocycles. The third-order valence-electron chi connectivity index (χ3n) is 11.5. The van der Waals surface area contributed by atoms with Crippen molar-refractivity contribution in [2.24, 2.45) is 11.8 Å². The van der Waals surface area contributed by atoms with Crippen molar-refractivity contribution in [3.63, 3.8) is 0 Å². The van der Waals surface area contributed by atoms with Crippen molar-refractivity contribution in [1.82, 2.24) is 0 Å². The number of rotatable bonds is 8. The Kier molecular flexibility index (Phi) is 7.32. The fourth-order valence-corrected chi connectivity index (χ4v) is 14.0. The van der Waals surface area contributed by atoms with E-state index in [4.69, 9.17) is 27.8 Å². The summed E-state index contributed by atoms with van der Waals surface area (Å²) >= 11 is 0. The van der Waals surface area contributed by atoms with Gasteiger partial charge < -0.3 is 37.4 Å². The molecule has 44 heavy (non-hydrogen) atoms. The van der Waals surface area contributed by atoms with Crippen molar-refractivity contribution in [3.8, 4) is 0 Å². The highest BCUT2D eigenvalue weighted by atomic mass is 28.4. The number of carbonyl (C=O) groups is 2. The molecule has 0 amide bonds. The second-order valence-corrected chi connectivity index (χ2v) is 23.4. The molecule has 3 aliphatic carbocycles. The molecule has 0 unspecified atom stereocenters. The Morgan fingerprint density at radius 3 is 1.18 bits per heavy atom. The van der Waals surface area contributed by atoms with Crippen LogP contribution in [0.4, 0.5) is 0 Å². The third kappa shape index (κ3) is 4.18. The number of fused-ring (bicyclic) bond motifs is 4. The monoisotopic (exact) mass is 648 g/mol. The Hall–Kier alpha value is -1.07. The molecule has 0 spiro atoms. The van der Waals surface area contributed by atoms with Crippen molar-refractivity contribution < 1.29 is 47.0 Å². The molecule has 12 atom stereocenters. The summed E-state index contributed by atoms with van der Waals surface area (Å²) < 4.78 is 39.2. The highest BCUT2D eigenvalue weighted by Crippen LogP contribution is 2.59. The topological polar surface area (TPSA) is 137 Å². The van der Waals surface area contributed by atoms with E-state index in [0.29, 0.717) is 22.3 Å². The summed E-state index contributed by atoms with van der Waals surface area (Å²) in [7, 11) is -6.59. The van der Waals surface area contributed by atoms with Gasteiger partial charge in [-0.15, -0.1) is 0 Å². The van der Waals surface area contributed by atoms with Crippen LogP contribution in [0.15, 0.2) is 22.3 Å². The standard InChI is InChI=1S/C32H48O10Si2/c1-11(2)43(35,12(3)4)41-27-21-19(23(33)29-31(27)39-29)17-15(9)37-25(21)26-22-20(18(17)16(10)38-26)24(34)30-32(40-30)28(22)42-44(36,13(5)6)14(7)8/h11-18,25-32,35-36H,1-10H3/t15-,16-,17-,18-,25-,26+,27+,28+,29+,30+,31-,32-/m1/s1. The summed E-state index contributed by atoms with van der Waals surface area (Å²) in [5.74, 6) is -1.11. The van der Waals surface area contributed by atoms with E-state index in [0.717, 1.165) is 0 Å². The molecule has 10 nitrogen and oxygen atoms in total. The van der Waals surface area contributed by atoms with E-state index >= 15 is 0 Å². The van der Waals surface area contributed by atoms with E-state index in [2.05, 4.69) is 0 Å². The van der Waals surface area contributed by atoms with E-state index in [9.17, 15) is 19.2 Å². The SMILES string of the molecule is CC(C)[Si](O)(O[C@H]1C2=C(C(=O)[C@@H]3O[C@@H]31)[C@H]1[C@@H]3C4=C([C@H](O[Si](O)(C(C)C)C(C)C)[C@H]5O[C@H]5C4=O)[C@H](O[C@@H]3C)[C@@H]2O[C@@H]1C)C(C)C. The lowest BCUT2D eigenvalue weighted by atomic mass is 9.60. The van der Waals surface area contributed by atoms with Crippen LogP contribution in [0.3, 0.4) is 0 Å². The molecule has 2 N–H and O–H groups in total. The van der Waals surface area contributed by atoms with Gasteiger partial charge >= 0.3 is 17.1 Å². The maximum Gasteiger partial charge on any atom is 0.341 e. The lowest BCUT2D eigenvalue weighted by Gasteiger charge is -2.56. The summed E-state index contributed by atoms with van der Waals surface area (Å²) in [5.41, 5.74) is 2.23. The lowest BCUT2D eigenvalue weighted by Crippen LogP contribution is -2.64. The Morgan fingerprint density at radius 2 is 0.886 bits per heavy atom. The van der Waals surface area contributed by atoms with Crippen molar-refractivity contribution in [1.29, 1.82) is 0 Å². The Morgan fingerprint density at radius 1 is 0.568 bits per heavy atom. The van der Waals surface area contributed by atoms with Crippen molar-refractivity contribution in [2.75, 3.05) is 0 Å². The fraction of sp³-hybridized carbons (Fsp3) is 0.812. The van der Waals surface area contributed by atoms with Crippen LogP contribution in [0.2, 0.25) is 22.2 Å². The molecule has 0 aromatic rings. The van der Waals surface area contributed by atoms with Crippen LogP contribution in [0, 0.1) is 11.8 Å². The fourth-order valence-electron chi connectivity index (χ4n) is 8.93. The molecule has 0 aromatic carbocycles. The van der Waals surface area contributed by atoms with Gasteiger partial charge in [0.1, 0.15) is 48.8 Å². The molecule has 2 saturated heterocycles.